The number of ether oxygens (including phenoxy) is 2. The van der Waals surface area contributed by atoms with Crippen molar-refractivity contribution >= 4 is 16.9 Å². The van der Waals surface area contributed by atoms with Crippen molar-refractivity contribution in [2.45, 2.75) is 64.7 Å². The number of carbonyl (C=O) groups excluding carboxylic acids is 1. The van der Waals surface area contributed by atoms with E-state index in [1.165, 1.54) is 24.8 Å². The van der Waals surface area contributed by atoms with E-state index < -0.39 is 5.97 Å². The molecule has 0 amide bonds. The Kier molecular flexibility index (Phi) is 5.83. The van der Waals surface area contributed by atoms with Gasteiger partial charge in [0.05, 0.1) is 24.8 Å². The summed E-state index contributed by atoms with van der Waals surface area (Å²) in [6.45, 7) is 8.21. The predicted octanol–water partition coefficient (Wildman–Crippen LogP) is 3.51. The quantitative estimate of drug-likeness (QED) is 0.778. The van der Waals surface area contributed by atoms with Gasteiger partial charge in [-0.3, -0.25) is 4.90 Å². The van der Waals surface area contributed by atoms with Crippen molar-refractivity contribution in [3.63, 3.8) is 0 Å². The van der Waals surface area contributed by atoms with Gasteiger partial charge in [-0.2, -0.15) is 0 Å². The van der Waals surface area contributed by atoms with Crippen LogP contribution in [0.2, 0.25) is 0 Å². The largest absolute Gasteiger partial charge is 0.506 e. The van der Waals surface area contributed by atoms with Crippen molar-refractivity contribution in [3.05, 3.63) is 29.0 Å². The van der Waals surface area contributed by atoms with E-state index in [0.717, 1.165) is 62.8 Å². The van der Waals surface area contributed by atoms with Crippen LogP contribution in [0.15, 0.2) is 12.1 Å². The van der Waals surface area contributed by atoms with Crippen LogP contribution in [0.1, 0.15) is 54.7 Å². The van der Waals surface area contributed by atoms with Gasteiger partial charge in [-0.25, -0.2) is 4.79 Å². The number of benzene rings is 1. The van der Waals surface area contributed by atoms with Crippen LogP contribution in [0.4, 0.5) is 0 Å². The molecule has 6 nitrogen and oxygen atoms in total. The zero-order valence-electron chi connectivity index (χ0n) is 17.7. The van der Waals surface area contributed by atoms with Crippen LogP contribution in [-0.4, -0.2) is 59.5 Å². The van der Waals surface area contributed by atoms with Gasteiger partial charge in [0.1, 0.15) is 11.3 Å². The molecule has 1 aromatic heterocycles. The fourth-order valence-corrected chi connectivity index (χ4v) is 5.15. The van der Waals surface area contributed by atoms with Gasteiger partial charge in [-0.15, -0.1) is 0 Å². The minimum atomic E-state index is -0.489. The molecular formula is C23H32N2O4. The number of phenols is 1. The van der Waals surface area contributed by atoms with Crippen LogP contribution < -0.4 is 0 Å². The Morgan fingerprint density at radius 3 is 2.62 bits per heavy atom. The van der Waals surface area contributed by atoms with Crippen LogP contribution in [-0.2, 0) is 28.9 Å². The number of esters is 1. The van der Waals surface area contributed by atoms with Crippen LogP contribution in [0.3, 0.4) is 0 Å². The maximum atomic E-state index is 12.0. The number of phenolic OH excluding ortho intramolecular Hbond substituents is 1. The smallest absolute Gasteiger partial charge is 0.341 e. The van der Waals surface area contributed by atoms with Crippen molar-refractivity contribution in [1.29, 1.82) is 0 Å². The van der Waals surface area contributed by atoms with E-state index in [1.54, 1.807) is 6.07 Å². The summed E-state index contributed by atoms with van der Waals surface area (Å²) in [5.74, 6) is -0.417. The number of hydrogen-bond donors (Lipinski definition) is 1. The average molecular weight is 401 g/mol. The standard InChI is InChI=1S/C23H32N2O4/c1-15-13-24(14-16(2)29-15)11-6-12-25-19-8-5-4-7-17(19)21-20(25)10-9-18(22(21)26)23(27)28-3/h9-10,15-16,26H,4-8,11-14H2,1-3H3. The highest BCUT2D eigenvalue weighted by Gasteiger charge is 2.26. The lowest BCUT2D eigenvalue weighted by Crippen LogP contribution is -2.45. The SMILES string of the molecule is COC(=O)c1ccc2c(c1O)c1c(n2CCCN2CC(C)OC(C)C2)CCCC1. The van der Waals surface area contributed by atoms with Crippen molar-refractivity contribution in [2.24, 2.45) is 0 Å². The molecule has 2 atom stereocenters. The molecule has 158 valence electrons. The molecule has 1 aromatic carbocycles. The lowest BCUT2D eigenvalue weighted by atomic mass is 9.94. The summed E-state index contributed by atoms with van der Waals surface area (Å²) in [4.78, 5) is 14.5. The Hall–Kier alpha value is -2.05. The van der Waals surface area contributed by atoms with E-state index in [1.807, 2.05) is 6.07 Å². The van der Waals surface area contributed by atoms with Crippen molar-refractivity contribution in [2.75, 3.05) is 26.7 Å². The molecule has 0 spiro atoms. The molecule has 1 saturated heterocycles. The molecule has 29 heavy (non-hydrogen) atoms. The van der Waals surface area contributed by atoms with E-state index >= 15 is 0 Å². The summed E-state index contributed by atoms with van der Waals surface area (Å²) >= 11 is 0. The maximum Gasteiger partial charge on any atom is 0.341 e. The van der Waals surface area contributed by atoms with E-state index in [9.17, 15) is 9.90 Å². The molecular weight excluding hydrogens is 368 g/mol. The van der Waals surface area contributed by atoms with E-state index in [4.69, 9.17) is 9.47 Å². The molecule has 1 aliphatic heterocycles. The minimum Gasteiger partial charge on any atom is -0.506 e. The Labute approximate surface area is 172 Å². The molecule has 0 radical (unpaired) electrons. The average Bonchev–Trinajstić information content (AvgIpc) is 3.02. The van der Waals surface area contributed by atoms with Gasteiger partial charge in [0.2, 0.25) is 0 Å². The summed E-state index contributed by atoms with van der Waals surface area (Å²) in [6.07, 6.45) is 5.90. The second-order valence-electron chi connectivity index (χ2n) is 8.50. The van der Waals surface area contributed by atoms with Gasteiger partial charge < -0.3 is 19.1 Å². The molecule has 1 fully saturated rings. The van der Waals surface area contributed by atoms with E-state index in [-0.39, 0.29) is 23.5 Å². The number of nitrogens with zero attached hydrogens (tertiary/aromatic N) is 2. The zero-order chi connectivity index (χ0) is 20.5. The van der Waals surface area contributed by atoms with E-state index in [2.05, 4.69) is 23.3 Å². The summed E-state index contributed by atoms with van der Waals surface area (Å²) < 4.78 is 13.1. The topological polar surface area (TPSA) is 63.9 Å². The number of hydrogen-bond acceptors (Lipinski definition) is 5. The number of carbonyl (C=O) groups is 1. The molecule has 1 N–H and O–H groups in total. The predicted molar refractivity (Wildman–Crippen MR) is 113 cm³/mol. The molecule has 1 aliphatic carbocycles. The number of methoxy groups -OCH3 is 1. The zero-order valence-corrected chi connectivity index (χ0v) is 17.7. The normalized spacial score (nSPS) is 22.6. The molecule has 2 unspecified atom stereocenters. The number of rotatable bonds is 5. The number of aryl methyl sites for hydroxylation is 2. The van der Waals surface area contributed by atoms with Crippen LogP contribution in [0.5, 0.6) is 5.75 Å². The third-order valence-electron chi connectivity index (χ3n) is 6.27. The number of morpholine rings is 1. The number of aromatic nitrogens is 1. The van der Waals surface area contributed by atoms with Gasteiger partial charge in [0.25, 0.3) is 0 Å². The molecule has 2 aromatic rings. The first-order chi connectivity index (χ1) is 14.0. The van der Waals surface area contributed by atoms with Crippen LogP contribution in [0, 0.1) is 0 Å². The molecule has 2 aliphatic rings. The third kappa shape index (κ3) is 3.88. The first-order valence-corrected chi connectivity index (χ1v) is 10.8. The summed E-state index contributed by atoms with van der Waals surface area (Å²) in [6, 6.07) is 3.66. The summed E-state index contributed by atoms with van der Waals surface area (Å²) in [5, 5.41) is 11.7. The van der Waals surface area contributed by atoms with Gasteiger partial charge in [-0.05, 0) is 63.6 Å². The van der Waals surface area contributed by atoms with Crippen molar-refractivity contribution in [1.82, 2.24) is 9.47 Å². The summed E-state index contributed by atoms with van der Waals surface area (Å²) in [5.41, 5.74) is 3.82. The Morgan fingerprint density at radius 2 is 1.90 bits per heavy atom. The Balaban J connectivity index is 1.60. The fourth-order valence-electron chi connectivity index (χ4n) is 5.15. The third-order valence-corrected chi connectivity index (χ3v) is 6.27. The highest BCUT2D eigenvalue weighted by atomic mass is 16.5. The Morgan fingerprint density at radius 1 is 1.17 bits per heavy atom. The second-order valence-corrected chi connectivity index (χ2v) is 8.50. The lowest BCUT2D eigenvalue weighted by Gasteiger charge is -2.35. The fraction of sp³-hybridized carbons (Fsp3) is 0.609. The number of aromatic hydroxyl groups is 1. The molecule has 0 saturated carbocycles. The van der Waals surface area contributed by atoms with Gasteiger partial charge in [-0.1, -0.05) is 0 Å². The van der Waals surface area contributed by atoms with Gasteiger partial charge >= 0.3 is 5.97 Å². The molecule has 0 bridgehead atoms. The van der Waals surface area contributed by atoms with Crippen molar-refractivity contribution in [3.8, 4) is 5.75 Å². The van der Waals surface area contributed by atoms with Gasteiger partial charge in [0, 0.05) is 37.3 Å². The molecule has 2 heterocycles. The first kappa shape index (κ1) is 20.2. The van der Waals surface area contributed by atoms with Crippen molar-refractivity contribution < 1.29 is 19.4 Å². The second kappa shape index (κ2) is 8.36. The van der Waals surface area contributed by atoms with Gasteiger partial charge in [0.15, 0.2) is 0 Å². The molecule has 4 rings (SSSR count). The monoisotopic (exact) mass is 400 g/mol. The first-order valence-electron chi connectivity index (χ1n) is 10.8. The van der Waals surface area contributed by atoms with Crippen LogP contribution >= 0.6 is 0 Å². The highest BCUT2D eigenvalue weighted by Crippen LogP contribution is 2.39. The molecule has 6 heteroatoms. The Bertz CT molecular complexity index is 894. The lowest BCUT2D eigenvalue weighted by molar-refractivity contribution is -0.0682. The maximum absolute atomic E-state index is 12.0. The van der Waals surface area contributed by atoms with Crippen LogP contribution in [0.25, 0.3) is 10.9 Å². The minimum absolute atomic E-state index is 0.0714. The number of fused-ring (bicyclic) bond motifs is 3. The van der Waals surface area contributed by atoms with E-state index in [0.29, 0.717) is 0 Å². The summed E-state index contributed by atoms with van der Waals surface area (Å²) in [7, 11) is 1.35. The highest BCUT2D eigenvalue weighted by molar-refractivity contribution is 6.02.